The molecule has 0 aliphatic carbocycles. The van der Waals surface area contributed by atoms with Crippen molar-refractivity contribution in [3.63, 3.8) is 0 Å². The van der Waals surface area contributed by atoms with Crippen LogP contribution in [-0.2, 0) is 10.5 Å². The summed E-state index contributed by atoms with van der Waals surface area (Å²) >= 11 is 0. The average molecular weight is 394 g/mol. The molecule has 0 bridgehead atoms. The van der Waals surface area contributed by atoms with E-state index < -0.39 is 47.3 Å². The molecule has 0 N–H and O–H groups in total. The molecule has 1 heterocycles. The van der Waals surface area contributed by atoms with E-state index in [0.29, 0.717) is 6.20 Å². The Hall–Kier alpha value is -1.60. The van der Waals surface area contributed by atoms with Crippen molar-refractivity contribution in [1.82, 2.24) is 9.55 Å². The number of halogens is 11. The van der Waals surface area contributed by atoms with Gasteiger partial charge in [-0.25, -0.2) is 22.5 Å². The Morgan fingerprint density at radius 2 is 1.52 bits per heavy atom. The summed E-state index contributed by atoms with van der Waals surface area (Å²) in [5.41, 5.74) is 0. The van der Waals surface area contributed by atoms with Crippen LogP contribution in [0.4, 0.5) is 48.3 Å². The summed E-state index contributed by atoms with van der Waals surface area (Å²) in [6.45, 7) is -2.42. The Bertz CT molecular complexity index is 566. The molecule has 0 amide bonds. The first-order chi connectivity index (χ1) is 11.0. The van der Waals surface area contributed by atoms with Crippen molar-refractivity contribution in [2.24, 2.45) is 0 Å². The summed E-state index contributed by atoms with van der Waals surface area (Å²) in [6, 6.07) is 0. The van der Waals surface area contributed by atoms with Gasteiger partial charge in [-0.15, -0.1) is 0 Å². The highest BCUT2D eigenvalue weighted by atomic mass is 19.4. The van der Waals surface area contributed by atoms with Crippen LogP contribution in [0, 0.1) is 0 Å². The number of ether oxygens (including phenoxy) is 1. The SMILES string of the molecule is CC(F)(F)COC(F)(F)C(F)(F)C(F)(C(F)C(F)(F)F)n1ccnc1. The Kier molecular flexibility index (Phi) is 5.39. The minimum Gasteiger partial charge on any atom is -0.309 e. The molecule has 0 fully saturated rings. The predicted octanol–water partition coefficient (Wildman–Crippen LogP) is 4.31. The van der Waals surface area contributed by atoms with Gasteiger partial charge in [-0.05, 0) is 0 Å². The molecule has 1 aromatic heterocycles. The van der Waals surface area contributed by atoms with Gasteiger partial charge in [-0.1, -0.05) is 0 Å². The van der Waals surface area contributed by atoms with Crippen molar-refractivity contribution < 1.29 is 53.0 Å². The molecule has 3 nitrogen and oxygen atoms in total. The van der Waals surface area contributed by atoms with Crippen LogP contribution in [0.25, 0.3) is 0 Å². The van der Waals surface area contributed by atoms with E-state index in [1.165, 1.54) is 0 Å². The van der Waals surface area contributed by atoms with Gasteiger partial charge in [0.25, 0.3) is 12.1 Å². The van der Waals surface area contributed by atoms with E-state index in [0.717, 1.165) is 0 Å². The molecule has 1 aromatic rings. The molecular weight excluding hydrogens is 385 g/mol. The Labute approximate surface area is 132 Å². The van der Waals surface area contributed by atoms with E-state index in [1.807, 2.05) is 0 Å². The van der Waals surface area contributed by atoms with Crippen LogP contribution < -0.4 is 0 Å². The fraction of sp³-hybridized carbons (Fsp3) is 0.727. The lowest BCUT2D eigenvalue weighted by molar-refractivity contribution is -0.418. The summed E-state index contributed by atoms with van der Waals surface area (Å²) in [5, 5.41) is 0. The van der Waals surface area contributed by atoms with Crippen LogP contribution in [0.2, 0.25) is 0 Å². The second kappa shape index (κ2) is 6.29. The van der Waals surface area contributed by atoms with Gasteiger partial charge in [0.05, 0.1) is 6.33 Å². The third-order valence-corrected chi connectivity index (χ3v) is 2.82. The normalized spacial score (nSPS) is 18.1. The van der Waals surface area contributed by atoms with Gasteiger partial charge >= 0.3 is 24.0 Å². The molecule has 0 saturated heterocycles. The molecule has 2 unspecified atom stereocenters. The average Bonchev–Trinajstić information content (AvgIpc) is 2.96. The Morgan fingerprint density at radius 1 is 1.00 bits per heavy atom. The number of hydrogen-bond acceptors (Lipinski definition) is 2. The topological polar surface area (TPSA) is 27.1 Å². The van der Waals surface area contributed by atoms with Gasteiger partial charge < -0.3 is 4.74 Å². The first-order valence-corrected chi connectivity index (χ1v) is 6.12. The van der Waals surface area contributed by atoms with E-state index in [9.17, 15) is 48.3 Å². The molecule has 146 valence electrons. The van der Waals surface area contributed by atoms with Crippen LogP contribution in [0.1, 0.15) is 6.92 Å². The fourth-order valence-electron chi connectivity index (χ4n) is 1.63. The molecule has 0 radical (unpaired) electrons. The van der Waals surface area contributed by atoms with Gasteiger partial charge in [0.2, 0.25) is 0 Å². The molecule has 0 aliphatic rings. The third kappa shape index (κ3) is 3.98. The largest absolute Gasteiger partial charge is 0.425 e. The van der Waals surface area contributed by atoms with Crippen LogP contribution >= 0.6 is 0 Å². The van der Waals surface area contributed by atoms with Crippen molar-refractivity contribution in [3.8, 4) is 0 Å². The maximum atomic E-state index is 14.5. The number of rotatable bonds is 7. The third-order valence-electron chi connectivity index (χ3n) is 2.82. The summed E-state index contributed by atoms with van der Waals surface area (Å²) < 4.78 is 147. The molecule has 0 spiro atoms. The molecule has 0 aromatic carbocycles. The fourth-order valence-corrected chi connectivity index (χ4v) is 1.63. The van der Waals surface area contributed by atoms with Crippen LogP contribution in [-0.4, -0.2) is 46.5 Å². The van der Waals surface area contributed by atoms with Crippen molar-refractivity contribution in [2.45, 2.75) is 43.0 Å². The van der Waals surface area contributed by atoms with Crippen LogP contribution in [0.3, 0.4) is 0 Å². The lowest BCUT2D eigenvalue weighted by Gasteiger charge is -2.40. The zero-order chi connectivity index (χ0) is 19.9. The second-order valence-electron chi connectivity index (χ2n) is 5.00. The maximum absolute atomic E-state index is 14.5. The number of alkyl halides is 11. The zero-order valence-electron chi connectivity index (χ0n) is 12.0. The first-order valence-electron chi connectivity index (χ1n) is 6.12. The number of hydrogen-bond donors (Lipinski definition) is 0. The van der Waals surface area contributed by atoms with Gasteiger partial charge in [0, 0.05) is 19.3 Å². The summed E-state index contributed by atoms with van der Waals surface area (Å²) in [4.78, 5) is 2.88. The summed E-state index contributed by atoms with van der Waals surface area (Å²) in [5.74, 6) is -16.4. The summed E-state index contributed by atoms with van der Waals surface area (Å²) in [7, 11) is 0. The Balaban J connectivity index is 3.42. The van der Waals surface area contributed by atoms with Crippen molar-refractivity contribution >= 4 is 0 Å². The second-order valence-corrected chi connectivity index (χ2v) is 5.00. The summed E-state index contributed by atoms with van der Waals surface area (Å²) in [6.07, 6.45) is -17.4. The minimum absolute atomic E-state index is 0.0245. The zero-order valence-corrected chi connectivity index (χ0v) is 12.0. The Morgan fingerprint density at radius 3 is 1.88 bits per heavy atom. The quantitative estimate of drug-likeness (QED) is 0.645. The van der Waals surface area contributed by atoms with Crippen molar-refractivity contribution in [1.29, 1.82) is 0 Å². The monoisotopic (exact) mass is 394 g/mol. The van der Waals surface area contributed by atoms with E-state index in [2.05, 4.69) is 9.72 Å². The van der Waals surface area contributed by atoms with Crippen LogP contribution in [0.15, 0.2) is 18.7 Å². The van der Waals surface area contributed by atoms with E-state index in [-0.39, 0.29) is 19.4 Å². The van der Waals surface area contributed by atoms with Crippen LogP contribution in [0.5, 0.6) is 0 Å². The highest BCUT2D eigenvalue weighted by molar-refractivity contribution is 5.04. The van der Waals surface area contributed by atoms with Gasteiger partial charge in [0.15, 0.2) is 0 Å². The molecule has 14 heteroatoms. The van der Waals surface area contributed by atoms with Gasteiger partial charge in [-0.2, -0.15) is 30.7 Å². The van der Waals surface area contributed by atoms with Crippen molar-refractivity contribution in [2.75, 3.05) is 6.61 Å². The number of imidazole rings is 1. The van der Waals surface area contributed by atoms with Gasteiger partial charge in [0.1, 0.15) is 6.61 Å². The minimum atomic E-state index is -6.55. The lowest BCUT2D eigenvalue weighted by atomic mass is 9.99. The standard InChI is InChI=1S/C11H9F11N2O/c1-7(13,14)4-25-11(21,22)10(19,20)8(15,6(12)9(16,17)18)24-3-2-23-5-24/h2-3,5-6H,4H2,1H3. The highest BCUT2D eigenvalue weighted by Gasteiger charge is 2.79. The molecule has 2 atom stereocenters. The highest BCUT2D eigenvalue weighted by Crippen LogP contribution is 2.53. The smallest absolute Gasteiger partial charge is 0.309 e. The first kappa shape index (κ1) is 21.4. The maximum Gasteiger partial charge on any atom is 0.425 e. The van der Waals surface area contributed by atoms with E-state index in [4.69, 9.17) is 0 Å². The van der Waals surface area contributed by atoms with E-state index >= 15 is 0 Å². The number of nitrogens with zero attached hydrogens (tertiary/aromatic N) is 2. The molecule has 1 rings (SSSR count). The van der Waals surface area contributed by atoms with E-state index in [1.54, 1.807) is 0 Å². The van der Waals surface area contributed by atoms with Gasteiger partial charge in [-0.3, -0.25) is 4.57 Å². The lowest BCUT2D eigenvalue weighted by Crippen LogP contribution is -2.65. The number of aromatic nitrogens is 2. The molecule has 0 aliphatic heterocycles. The van der Waals surface area contributed by atoms with Crippen molar-refractivity contribution in [3.05, 3.63) is 18.7 Å². The molecular formula is C11H9F11N2O. The predicted molar refractivity (Wildman–Crippen MR) is 58.7 cm³/mol. The molecule has 0 saturated carbocycles. The molecule has 25 heavy (non-hydrogen) atoms.